The van der Waals surface area contributed by atoms with Crippen molar-refractivity contribution >= 4 is 27.3 Å². The highest BCUT2D eigenvalue weighted by atomic mass is 32.2. The van der Waals surface area contributed by atoms with Crippen LogP contribution in [0.5, 0.6) is 5.75 Å². The highest BCUT2D eigenvalue weighted by Crippen LogP contribution is 2.21. The van der Waals surface area contributed by atoms with Crippen LogP contribution in [0.25, 0.3) is 0 Å². The zero-order chi connectivity index (χ0) is 22.6. The fourth-order valence-corrected chi connectivity index (χ4v) is 3.80. The molecule has 0 heterocycles. The van der Waals surface area contributed by atoms with Gasteiger partial charge in [-0.15, -0.1) is 0 Å². The smallest absolute Gasteiger partial charge is 0.265 e. The number of anilines is 2. The van der Waals surface area contributed by atoms with Gasteiger partial charge in [0.2, 0.25) is 0 Å². The van der Waals surface area contributed by atoms with E-state index in [-0.39, 0.29) is 4.90 Å². The molecule has 0 saturated heterocycles. The molecule has 0 fully saturated rings. The first-order valence-corrected chi connectivity index (χ1v) is 11.1. The Balaban J connectivity index is 1.63. The lowest BCUT2D eigenvalue weighted by Crippen LogP contribution is -2.30. The summed E-state index contributed by atoms with van der Waals surface area (Å²) in [6.45, 7) is 5.42. The number of halogens is 1. The summed E-state index contributed by atoms with van der Waals surface area (Å²) in [6.07, 6.45) is -0.833. The Kier molecular flexibility index (Phi) is 6.60. The largest absolute Gasteiger partial charge is 0.481 e. The lowest BCUT2D eigenvalue weighted by molar-refractivity contribution is -0.122. The van der Waals surface area contributed by atoms with Gasteiger partial charge in [0.1, 0.15) is 11.6 Å². The quantitative estimate of drug-likeness (QED) is 0.558. The fraction of sp³-hybridized carbons (Fsp3) is 0.174. The second-order valence-corrected chi connectivity index (χ2v) is 8.81. The molecule has 0 aromatic heterocycles. The molecule has 1 atom stereocenters. The first kappa shape index (κ1) is 22.3. The van der Waals surface area contributed by atoms with E-state index in [1.54, 1.807) is 19.1 Å². The standard InChI is InChI=1S/C23H23FN2O4S/c1-15-4-7-20(14-16(15)2)26-31(28,29)22-12-8-19(9-13-22)25-23(27)17(3)30-21-10-5-18(24)6-11-21/h4-14,17,26H,1-3H3,(H,25,27)/t17-/m1/s1. The van der Waals surface area contributed by atoms with Gasteiger partial charge in [-0.2, -0.15) is 0 Å². The molecule has 0 aliphatic rings. The van der Waals surface area contributed by atoms with Gasteiger partial charge < -0.3 is 10.1 Å². The fourth-order valence-electron chi connectivity index (χ4n) is 2.75. The minimum Gasteiger partial charge on any atom is -0.481 e. The van der Waals surface area contributed by atoms with Crippen LogP contribution in [-0.4, -0.2) is 20.4 Å². The van der Waals surface area contributed by atoms with Gasteiger partial charge in [0.15, 0.2) is 6.10 Å². The molecule has 0 aliphatic heterocycles. The molecule has 8 heteroatoms. The number of amides is 1. The summed E-state index contributed by atoms with van der Waals surface area (Å²) in [7, 11) is -3.77. The first-order chi connectivity index (χ1) is 14.6. The van der Waals surface area contributed by atoms with Crippen LogP contribution in [0.15, 0.2) is 71.6 Å². The maximum atomic E-state index is 13.0. The summed E-state index contributed by atoms with van der Waals surface area (Å²) in [5, 5.41) is 2.66. The molecule has 3 rings (SSSR count). The summed E-state index contributed by atoms with van der Waals surface area (Å²) in [5.41, 5.74) is 2.95. The summed E-state index contributed by atoms with van der Waals surface area (Å²) < 4.78 is 46.2. The Morgan fingerprint density at radius 1 is 0.903 bits per heavy atom. The Morgan fingerprint density at radius 2 is 1.52 bits per heavy atom. The normalized spacial score (nSPS) is 12.1. The molecular formula is C23H23FN2O4S. The lowest BCUT2D eigenvalue weighted by atomic mass is 10.1. The molecule has 3 aromatic carbocycles. The van der Waals surface area contributed by atoms with Gasteiger partial charge in [0.05, 0.1) is 4.90 Å². The summed E-state index contributed by atoms with van der Waals surface area (Å²) in [5.74, 6) is -0.456. The molecule has 0 unspecified atom stereocenters. The molecule has 0 aliphatic carbocycles. The van der Waals surface area contributed by atoms with Crippen LogP contribution >= 0.6 is 0 Å². The van der Waals surface area contributed by atoms with E-state index in [1.807, 2.05) is 19.9 Å². The summed E-state index contributed by atoms with van der Waals surface area (Å²) >= 11 is 0. The van der Waals surface area contributed by atoms with Crippen molar-refractivity contribution in [3.63, 3.8) is 0 Å². The average Bonchev–Trinajstić information content (AvgIpc) is 2.72. The molecule has 1 amide bonds. The third-order valence-electron chi connectivity index (χ3n) is 4.69. The highest BCUT2D eigenvalue weighted by molar-refractivity contribution is 7.92. The zero-order valence-corrected chi connectivity index (χ0v) is 18.2. The number of sulfonamides is 1. The summed E-state index contributed by atoms with van der Waals surface area (Å²) in [4.78, 5) is 12.4. The van der Waals surface area contributed by atoms with E-state index in [1.165, 1.54) is 48.5 Å². The van der Waals surface area contributed by atoms with Crippen LogP contribution in [0.1, 0.15) is 18.1 Å². The van der Waals surface area contributed by atoms with Crippen molar-refractivity contribution in [2.45, 2.75) is 31.8 Å². The Labute approximate surface area is 181 Å². The highest BCUT2D eigenvalue weighted by Gasteiger charge is 2.17. The molecular weight excluding hydrogens is 419 g/mol. The van der Waals surface area contributed by atoms with E-state index in [4.69, 9.17) is 4.74 Å². The Hall–Kier alpha value is -3.39. The number of hydrogen-bond donors (Lipinski definition) is 2. The van der Waals surface area contributed by atoms with Gasteiger partial charge >= 0.3 is 0 Å². The van der Waals surface area contributed by atoms with Crippen LogP contribution in [0.4, 0.5) is 15.8 Å². The van der Waals surface area contributed by atoms with Crippen LogP contribution in [-0.2, 0) is 14.8 Å². The Morgan fingerprint density at radius 3 is 2.13 bits per heavy atom. The van der Waals surface area contributed by atoms with Crippen LogP contribution < -0.4 is 14.8 Å². The van der Waals surface area contributed by atoms with Crippen molar-refractivity contribution < 1.29 is 22.3 Å². The van der Waals surface area contributed by atoms with Gasteiger partial charge in [-0.25, -0.2) is 12.8 Å². The second-order valence-electron chi connectivity index (χ2n) is 7.13. The van der Waals surface area contributed by atoms with Gasteiger partial charge in [-0.1, -0.05) is 6.07 Å². The van der Waals surface area contributed by atoms with Crippen molar-refractivity contribution in [1.82, 2.24) is 0 Å². The minimum absolute atomic E-state index is 0.0688. The van der Waals surface area contributed by atoms with Crippen molar-refractivity contribution in [3.8, 4) is 5.75 Å². The maximum Gasteiger partial charge on any atom is 0.265 e. The number of hydrogen-bond acceptors (Lipinski definition) is 4. The SMILES string of the molecule is Cc1ccc(NS(=O)(=O)c2ccc(NC(=O)[C@@H](C)Oc3ccc(F)cc3)cc2)cc1C. The predicted octanol–water partition coefficient (Wildman–Crippen LogP) is 4.65. The number of benzene rings is 3. The topological polar surface area (TPSA) is 84.5 Å². The third-order valence-corrected chi connectivity index (χ3v) is 6.08. The van der Waals surface area contributed by atoms with E-state index >= 15 is 0 Å². The molecule has 162 valence electrons. The van der Waals surface area contributed by atoms with Gasteiger partial charge in [-0.05, 0) is 92.6 Å². The number of rotatable bonds is 7. The predicted molar refractivity (Wildman–Crippen MR) is 118 cm³/mol. The number of ether oxygens (including phenoxy) is 1. The van der Waals surface area contributed by atoms with E-state index < -0.39 is 27.9 Å². The van der Waals surface area contributed by atoms with Gasteiger partial charge in [-0.3, -0.25) is 9.52 Å². The summed E-state index contributed by atoms with van der Waals surface area (Å²) in [6, 6.07) is 16.5. The molecule has 0 spiro atoms. The second kappa shape index (κ2) is 9.18. The van der Waals surface area contributed by atoms with Crippen molar-refractivity contribution in [2.75, 3.05) is 10.0 Å². The number of carbonyl (C=O) groups excluding carboxylic acids is 1. The molecule has 6 nitrogen and oxygen atoms in total. The molecule has 31 heavy (non-hydrogen) atoms. The molecule has 0 saturated carbocycles. The Bertz CT molecular complexity index is 1180. The molecule has 0 bridgehead atoms. The number of carbonyl (C=O) groups is 1. The van der Waals surface area contributed by atoms with Crippen LogP contribution in [0, 0.1) is 19.7 Å². The maximum absolute atomic E-state index is 13.0. The van der Waals surface area contributed by atoms with Crippen molar-refractivity contribution in [2.24, 2.45) is 0 Å². The monoisotopic (exact) mass is 442 g/mol. The average molecular weight is 443 g/mol. The number of aryl methyl sites for hydroxylation is 2. The molecule has 3 aromatic rings. The molecule has 2 N–H and O–H groups in total. The van der Waals surface area contributed by atoms with Crippen LogP contribution in [0.3, 0.4) is 0 Å². The van der Waals surface area contributed by atoms with Gasteiger partial charge in [0.25, 0.3) is 15.9 Å². The van der Waals surface area contributed by atoms with E-state index in [0.29, 0.717) is 17.1 Å². The van der Waals surface area contributed by atoms with E-state index in [2.05, 4.69) is 10.0 Å². The zero-order valence-electron chi connectivity index (χ0n) is 17.3. The number of nitrogens with one attached hydrogen (secondary N) is 2. The molecule has 0 radical (unpaired) electrons. The van der Waals surface area contributed by atoms with E-state index in [0.717, 1.165) is 11.1 Å². The first-order valence-electron chi connectivity index (χ1n) is 9.57. The van der Waals surface area contributed by atoms with Crippen LogP contribution in [0.2, 0.25) is 0 Å². The lowest BCUT2D eigenvalue weighted by Gasteiger charge is -2.15. The van der Waals surface area contributed by atoms with Crippen molar-refractivity contribution in [1.29, 1.82) is 0 Å². The minimum atomic E-state index is -3.77. The van der Waals surface area contributed by atoms with Gasteiger partial charge in [0, 0.05) is 11.4 Å². The third kappa shape index (κ3) is 5.82. The van der Waals surface area contributed by atoms with E-state index in [9.17, 15) is 17.6 Å². The van der Waals surface area contributed by atoms with Crippen molar-refractivity contribution in [3.05, 3.63) is 83.7 Å².